The van der Waals surface area contributed by atoms with Gasteiger partial charge in [-0.2, -0.15) is 0 Å². The minimum atomic E-state index is 0. The number of amides is 1. The van der Waals surface area contributed by atoms with Gasteiger partial charge in [-0.1, -0.05) is 60.2 Å². The highest BCUT2D eigenvalue weighted by atomic mass is 127. The first kappa shape index (κ1) is 27.1. The molecule has 6 nitrogen and oxygen atoms in total. The van der Waals surface area contributed by atoms with Crippen molar-refractivity contribution in [3.63, 3.8) is 0 Å². The summed E-state index contributed by atoms with van der Waals surface area (Å²) < 4.78 is 6.12. The Hall–Kier alpha value is -2.13. The number of hydrogen-bond acceptors (Lipinski definition) is 3. The molecule has 0 spiro atoms. The molecular formula is C26H37IN4O2. The van der Waals surface area contributed by atoms with E-state index in [-0.39, 0.29) is 42.5 Å². The first-order chi connectivity index (χ1) is 15.6. The molecule has 2 N–H and O–H groups in total. The topological polar surface area (TPSA) is 66.0 Å². The molecule has 0 aromatic heterocycles. The minimum absolute atomic E-state index is 0. The average molecular weight is 565 g/mol. The Labute approximate surface area is 215 Å². The predicted molar refractivity (Wildman–Crippen MR) is 145 cm³/mol. The first-order valence-corrected chi connectivity index (χ1v) is 11.5. The Morgan fingerprint density at radius 3 is 2.52 bits per heavy atom. The van der Waals surface area contributed by atoms with Crippen LogP contribution in [0, 0.1) is 12.8 Å². The number of aliphatic imine (C=N–C) groups is 1. The summed E-state index contributed by atoms with van der Waals surface area (Å²) in [6.45, 7) is 7.13. The highest BCUT2D eigenvalue weighted by Crippen LogP contribution is 2.33. The Morgan fingerprint density at radius 2 is 1.85 bits per heavy atom. The van der Waals surface area contributed by atoms with E-state index in [1.165, 1.54) is 11.1 Å². The molecule has 33 heavy (non-hydrogen) atoms. The van der Waals surface area contributed by atoms with E-state index in [2.05, 4.69) is 46.8 Å². The van der Waals surface area contributed by atoms with Crippen LogP contribution in [0.25, 0.3) is 0 Å². The largest absolute Gasteiger partial charge is 0.373 e. The van der Waals surface area contributed by atoms with E-state index >= 15 is 0 Å². The lowest BCUT2D eigenvalue weighted by molar-refractivity contribution is -0.130. The summed E-state index contributed by atoms with van der Waals surface area (Å²) >= 11 is 0. The summed E-state index contributed by atoms with van der Waals surface area (Å²) in [6.07, 6.45) is 2.24. The number of carbonyl (C=O) groups is 1. The van der Waals surface area contributed by atoms with Gasteiger partial charge in [-0.05, 0) is 37.8 Å². The molecule has 3 rings (SSSR count). The Bertz CT molecular complexity index is 874. The molecule has 1 fully saturated rings. The Balaban J connectivity index is 0.00000385. The highest BCUT2D eigenvalue weighted by molar-refractivity contribution is 14.0. The lowest BCUT2D eigenvalue weighted by atomic mass is 9.89. The maximum Gasteiger partial charge on any atom is 0.242 e. The number of rotatable bonds is 8. The van der Waals surface area contributed by atoms with Gasteiger partial charge in [0.05, 0.1) is 12.6 Å². The molecule has 2 aromatic carbocycles. The lowest BCUT2D eigenvalue weighted by Gasteiger charge is -2.32. The number of guanidine groups is 1. The third kappa shape index (κ3) is 8.30. The number of benzene rings is 2. The molecule has 1 saturated heterocycles. The summed E-state index contributed by atoms with van der Waals surface area (Å²) in [5.74, 6) is 1.05. The van der Waals surface area contributed by atoms with Crippen molar-refractivity contribution in [1.29, 1.82) is 0 Å². The molecule has 2 atom stereocenters. The van der Waals surface area contributed by atoms with Crippen molar-refractivity contribution in [2.75, 3.05) is 33.3 Å². The van der Waals surface area contributed by atoms with Crippen molar-refractivity contribution in [3.8, 4) is 0 Å². The molecule has 180 valence electrons. The quantitative estimate of drug-likeness (QED) is 0.285. The van der Waals surface area contributed by atoms with Crippen molar-refractivity contribution in [1.82, 2.24) is 15.5 Å². The van der Waals surface area contributed by atoms with Crippen molar-refractivity contribution in [2.24, 2.45) is 10.9 Å². The first-order valence-electron chi connectivity index (χ1n) is 11.5. The zero-order chi connectivity index (χ0) is 22.8. The third-order valence-corrected chi connectivity index (χ3v) is 5.96. The van der Waals surface area contributed by atoms with Crippen LogP contribution in [0.1, 0.15) is 42.6 Å². The molecule has 2 aromatic rings. The van der Waals surface area contributed by atoms with Gasteiger partial charge in [-0.25, -0.2) is 0 Å². The normalized spacial score (nSPS) is 18.2. The molecule has 0 bridgehead atoms. The molecule has 0 aliphatic carbocycles. The van der Waals surface area contributed by atoms with Crippen molar-refractivity contribution in [2.45, 2.75) is 39.3 Å². The minimum Gasteiger partial charge on any atom is -0.373 e. The van der Waals surface area contributed by atoms with Gasteiger partial charge in [0.25, 0.3) is 0 Å². The number of aryl methyl sites for hydroxylation is 1. The lowest BCUT2D eigenvalue weighted by Crippen LogP contribution is -2.46. The van der Waals surface area contributed by atoms with Gasteiger partial charge in [0, 0.05) is 39.2 Å². The Morgan fingerprint density at radius 1 is 1.12 bits per heavy atom. The SMILES string of the molecule is CCN(Cc1ccccc1)C(=O)CNC(=NC)NCC1CCCOC1c1ccc(C)cc1.I. The van der Waals surface area contributed by atoms with Gasteiger partial charge in [-0.3, -0.25) is 9.79 Å². The van der Waals surface area contributed by atoms with E-state index in [0.29, 0.717) is 25.0 Å². The fraction of sp³-hybridized carbons (Fsp3) is 0.462. The van der Waals surface area contributed by atoms with Gasteiger partial charge in [0.15, 0.2) is 5.96 Å². The molecular weight excluding hydrogens is 527 g/mol. The maximum atomic E-state index is 12.7. The van der Waals surface area contributed by atoms with Crippen LogP contribution in [0.15, 0.2) is 59.6 Å². The summed E-state index contributed by atoms with van der Waals surface area (Å²) in [5, 5.41) is 6.58. The summed E-state index contributed by atoms with van der Waals surface area (Å²) in [7, 11) is 1.73. The summed E-state index contributed by atoms with van der Waals surface area (Å²) in [5.41, 5.74) is 3.60. The van der Waals surface area contributed by atoms with E-state index in [9.17, 15) is 4.79 Å². The molecule has 1 amide bonds. The van der Waals surface area contributed by atoms with Crippen LogP contribution in [-0.4, -0.2) is 50.1 Å². The zero-order valence-electron chi connectivity index (χ0n) is 19.9. The number of nitrogens with zero attached hydrogens (tertiary/aromatic N) is 2. The van der Waals surface area contributed by atoms with Crippen LogP contribution in [-0.2, 0) is 16.1 Å². The number of ether oxygens (including phenoxy) is 1. The second-order valence-corrected chi connectivity index (χ2v) is 8.30. The second-order valence-electron chi connectivity index (χ2n) is 8.30. The summed E-state index contributed by atoms with van der Waals surface area (Å²) in [6, 6.07) is 18.7. The van der Waals surface area contributed by atoms with E-state index in [0.717, 1.165) is 31.6 Å². The maximum absolute atomic E-state index is 12.7. The van der Waals surface area contributed by atoms with Gasteiger partial charge in [0.1, 0.15) is 0 Å². The van der Waals surface area contributed by atoms with Crippen LogP contribution in [0.5, 0.6) is 0 Å². The van der Waals surface area contributed by atoms with Gasteiger partial charge in [-0.15, -0.1) is 24.0 Å². The number of likely N-dealkylation sites (N-methyl/N-ethyl adjacent to an activating group) is 1. The van der Waals surface area contributed by atoms with Crippen LogP contribution in [0.4, 0.5) is 0 Å². The van der Waals surface area contributed by atoms with E-state index in [1.54, 1.807) is 7.05 Å². The Kier molecular flexibility index (Phi) is 11.7. The highest BCUT2D eigenvalue weighted by Gasteiger charge is 2.27. The van der Waals surface area contributed by atoms with Crippen LogP contribution < -0.4 is 10.6 Å². The van der Waals surface area contributed by atoms with Gasteiger partial charge < -0.3 is 20.3 Å². The van der Waals surface area contributed by atoms with Crippen LogP contribution in [0.3, 0.4) is 0 Å². The number of nitrogens with one attached hydrogen (secondary N) is 2. The van der Waals surface area contributed by atoms with Crippen LogP contribution in [0.2, 0.25) is 0 Å². The molecule has 1 aliphatic heterocycles. The monoisotopic (exact) mass is 564 g/mol. The van der Waals surface area contributed by atoms with Crippen molar-refractivity contribution < 1.29 is 9.53 Å². The number of hydrogen-bond donors (Lipinski definition) is 2. The fourth-order valence-corrected chi connectivity index (χ4v) is 4.08. The molecule has 2 unspecified atom stereocenters. The molecule has 7 heteroatoms. The number of carbonyl (C=O) groups excluding carboxylic acids is 1. The van der Waals surface area contributed by atoms with Crippen LogP contribution >= 0.6 is 24.0 Å². The van der Waals surface area contributed by atoms with Gasteiger partial charge in [0.2, 0.25) is 5.91 Å². The second kappa shape index (κ2) is 14.2. The third-order valence-electron chi connectivity index (χ3n) is 5.96. The van der Waals surface area contributed by atoms with Crippen molar-refractivity contribution >= 4 is 35.8 Å². The van der Waals surface area contributed by atoms with E-state index in [4.69, 9.17) is 4.74 Å². The smallest absolute Gasteiger partial charge is 0.242 e. The molecule has 0 saturated carbocycles. The standard InChI is InChI=1S/C26H36N4O2.HI/c1-4-30(19-21-9-6-5-7-10-21)24(31)18-29-26(27-3)28-17-23-11-8-16-32-25(23)22-14-12-20(2)13-15-22;/h5-7,9-10,12-15,23,25H,4,8,11,16-19H2,1-3H3,(H2,27,28,29);1H. The summed E-state index contributed by atoms with van der Waals surface area (Å²) in [4.78, 5) is 18.9. The molecule has 0 radical (unpaired) electrons. The predicted octanol–water partition coefficient (Wildman–Crippen LogP) is 4.29. The molecule has 1 aliphatic rings. The van der Waals surface area contributed by atoms with Gasteiger partial charge >= 0.3 is 0 Å². The van der Waals surface area contributed by atoms with Crippen molar-refractivity contribution in [3.05, 3.63) is 71.3 Å². The number of halogens is 1. The zero-order valence-corrected chi connectivity index (χ0v) is 22.3. The average Bonchev–Trinajstić information content (AvgIpc) is 2.84. The molecule has 1 heterocycles. The fourth-order valence-electron chi connectivity index (χ4n) is 4.08. The van der Waals surface area contributed by atoms with E-state index in [1.807, 2.05) is 42.2 Å². The van der Waals surface area contributed by atoms with E-state index < -0.39 is 0 Å².